The first-order valence-electron chi connectivity index (χ1n) is 5.31. The van der Waals surface area contributed by atoms with Gasteiger partial charge >= 0.3 is 0 Å². The van der Waals surface area contributed by atoms with Gasteiger partial charge < -0.3 is 10.6 Å². The smallest absolute Gasteiger partial charge is 0.0985 e. The summed E-state index contributed by atoms with van der Waals surface area (Å²) in [6.07, 6.45) is 0. The highest BCUT2D eigenvalue weighted by Crippen LogP contribution is 2.24. The number of aryl methyl sites for hydroxylation is 2. The van der Waals surface area contributed by atoms with Gasteiger partial charge in [-0.05, 0) is 37.1 Å². The quantitative estimate of drug-likeness (QED) is 0.774. The normalized spacial score (nSPS) is 15.4. The van der Waals surface area contributed by atoms with Gasteiger partial charge in [0.2, 0.25) is 0 Å². The Labute approximate surface area is 95.8 Å². The van der Waals surface area contributed by atoms with Crippen molar-refractivity contribution in [3.8, 4) is 6.07 Å². The summed E-state index contributed by atoms with van der Waals surface area (Å²) in [5.74, 6) is 0. The molecule has 0 amide bonds. The Morgan fingerprint density at radius 2 is 2.00 bits per heavy atom. The molecule has 0 aromatic heterocycles. The molecule has 0 unspecified atom stereocenters. The molecule has 2 N–H and O–H groups in total. The molecule has 1 aromatic rings. The van der Waals surface area contributed by atoms with Crippen LogP contribution in [0.5, 0.6) is 0 Å². The molecular formula is C13H15N3. The van der Waals surface area contributed by atoms with E-state index in [1.165, 1.54) is 11.1 Å². The SMILES string of the molecule is Cc1ccc(N2CC(N)=C(C#N)C2)cc1C. The van der Waals surface area contributed by atoms with Crippen LogP contribution in [0.3, 0.4) is 0 Å². The summed E-state index contributed by atoms with van der Waals surface area (Å²) in [7, 11) is 0. The van der Waals surface area contributed by atoms with E-state index < -0.39 is 0 Å². The Bertz CT molecular complexity index is 494. The molecule has 0 aliphatic carbocycles. The van der Waals surface area contributed by atoms with Crippen LogP contribution in [0, 0.1) is 25.2 Å². The Kier molecular flexibility index (Phi) is 2.57. The van der Waals surface area contributed by atoms with Gasteiger partial charge in [0.1, 0.15) is 0 Å². The fraction of sp³-hybridized carbons (Fsp3) is 0.308. The summed E-state index contributed by atoms with van der Waals surface area (Å²) >= 11 is 0. The minimum Gasteiger partial charge on any atom is -0.400 e. The highest BCUT2D eigenvalue weighted by molar-refractivity contribution is 5.56. The van der Waals surface area contributed by atoms with E-state index >= 15 is 0 Å². The first-order valence-corrected chi connectivity index (χ1v) is 5.31. The zero-order chi connectivity index (χ0) is 11.7. The van der Waals surface area contributed by atoms with Crippen molar-refractivity contribution in [1.29, 1.82) is 5.26 Å². The molecule has 1 aromatic carbocycles. The minimum absolute atomic E-state index is 0.630. The maximum Gasteiger partial charge on any atom is 0.0985 e. The number of hydrogen-bond acceptors (Lipinski definition) is 3. The molecule has 0 radical (unpaired) electrons. The third-order valence-corrected chi connectivity index (χ3v) is 3.09. The largest absolute Gasteiger partial charge is 0.400 e. The van der Waals surface area contributed by atoms with Crippen LogP contribution in [0.25, 0.3) is 0 Å². The summed E-state index contributed by atoms with van der Waals surface area (Å²) in [5.41, 5.74) is 10.9. The van der Waals surface area contributed by atoms with E-state index in [1.54, 1.807) is 0 Å². The maximum atomic E-state index is 8.89. The molecule has 0 bridgehead atoms. The molecule has 0 spiro atoms. The predicted molar refractivity (Wildman–Crippen MR) is 65.0 cm³/mol. The average molecular weight is 213 g/mol. The first kappa shape index (κ1) is 10.6. The third kappa shape index (κ3) is 1.74. The molecule has 3 nitrogen and oxygen atoms in total. The second-order valence-corrected chi connectivity index (χ2v) is 4.24. The molecule has 0 atom stereocenters. The topological polar surface area (TPSA) is 53.0 Å². The van der Waals surface area contributed by atoms with Gasteiger partial charge in [0, 0.05) is 11.4 Å². The highest BCUT2D eigenvalue weighted by atomic mass is 15.2. The number of nitriles is 1. The fourth-order valence-electron chi connectivity index (χ4n) is 1.86. The maximum absolute atomic E-state index is 8.89. The van der Waals surface area contributed by atoms with Crippen molar-refractivity contribution in [1.82, 2.24) is 0 Å². The van der Waals surface area contributed by atoms with Crippen LogP contribution in [0.4, 0.5) is 5.69 Å². The molecule has 1 aliphatic rings. The monoisotopic (exact) mass is 213 g/mol. The zero-order valence-corrected chi connectivity index (χ0v) is 9.62. The molecule has 3 heteroatoms. The lowest BCUT2D eigenvalue weighted by Gasteiger charge is -2.19. The predicted octanol–water partition coefficient (Wildman–Crippen LogP) is 1.86. The van der Waals surface area contributed by atoms with Crippen LogP contribution in [0.1, 0.15) is 11.1 Å². The first-order chi connectivity index (χ1) is 7.61. The number of rotatable bonds is 1. The molecule has 2 rings (SSSR count). The summed E-state index contributed by atoms with van der Waals surface area (Å²) in [4.78, 5) is 2.13. The second-order valence-electron chi connectivity index (χ2n) is 4.24. The molecule has 1 heterocycles. The van der Waals surface area contributed by atoms with Crippen molar-refractivity contribution in [2.75, 3.05) is 18.0 Å². The standard InChI is InChI=1S/C13H15N3/c1-9-3-4-12(5-10(9)2)16-7-11(6-14)13(15)8-16/h3-5H,7-8,15H2,1-2H3. The van der Waals surface area contributed by atoms with E-state index in [9.17, 15) is 0 Å². The number of nitrogens with two attached hydrogens (primary N) is 1. The summed E-state index contributed by atoms with van der Waals surface area (Å²) in [6.45, 7) is 5.48. The van der Waals surface area contributed by atoms with Crippen LogP contribution in [-0.2, 0) is 0 Å². The lowest BCUT2D eigenvalue weighted by atomic mass is 10.1. The van der Waals surface area contributed by atoms with Gasteiger partial charge in [0.05, 0.1) is 24.7 Å². The number of hydrogen-bond donors (Lipinski definition) is 1. The molecular weight excluding hydrogens is 198 g/mol. The molecule has 0 saturated heterocycles. The van der Waals surface area contributed by atoms with Gasteiger partial charge in [0.25, 0.3) is 0 Å². The fourth-order valence-corrected chi connectivity index (χ4v) is 1.86. The van der Waals surface area contributed by atoms with Gasteiger partial charge in [-0.2, -0.15) is 5.26 Å². The number of nitrogens with zero attached hydrogens (tertiary/aromatic N) is 2. The molecule has 1 aliphatic heterocycles. The van der Waals surface area contributed by atoms with E-state index in [4.69, 9.17) is 11.0 Å². The molecule has 82 valence electrons. The van der Waals surface area contributed by atoms with E-state index in [0.29, 0.717) is 24.4 Å². The summed E-state index contributed by atoms with van der Waals surface area (Å²) < 4.78 is 0. The number of anilines is 1. The van der Waals surface area contributed by atoms with Crippen molar-refractivity contribution < 1.29 is 0 Å². The molecule has 16 heavy (non-hydrogen) atoms. The van der Waals surface area contributed by atoms with E-state index in [1.807, 2.05) is 0 Å². The van der Waals surface area contributed by atoms with Gasteiger partial charge in [-0.25, -0.2) is 0 Å². The van der Waals surface area contributed by atoms with Crippen LogP contribution >= 0.6 is 0 Å². The van der Waals surface area contributed by atoms with Gasteiger partial charge in [-0.15, -0.1) is 0 Å². The Hall–Kier alpha value is -1.95. The lowest BCUT2D eigenvalue weighted by Crippen LogP contribution is -2.21. The summed E-state index contributed by atoms with van der Waals surface area (Å²) in [6, 6.07) is 8.48. The van der Waals surface area contributed by atoms with Crippen molar-refractivity contribution in [3.63, 3.8) is 0 Å². The van der Waals surface area contributed by atoms with Crippen molar-refractivity contribution in [3.05, 3.63) is 40.6 Å². The molecule has 0 fully saturated rings. The van der Waals surface area contributed by atoms with E-state index in [-0.39, 0.29) is 0 Å². The molecule has 0 saturated carbocycles. The van der Waals surface area contributed by atoms with Crippen LogP contribution in [-0.4, -0.2) is 13.1 Å². The van der Waals surface area contributed by atoms with Crippen LogP contribution < -0.4 is 10.6 Å². The highest BCUT2D eigenvalue weighted by Gasteiger charge is 2.20. The van der Waals surface area contributed by atoms with Crippen LogP contribution in [0.2, 0.25) is 0 Å². The van der Waals surface area contributed by atoms with E-state index in [0.717, 1.165) is 5.69 Å². The van der Waals surface area contributed by atoms with Gasteiger partial charge in [0.15, 0.2) is 0 Å². The third-order valence-electron chi connectivity index (χ3n) is 3.09. The average Bonchev–Trinajstić information content (AvgIpc) is 2.64. The van der Waals surface area contributed by atoms with Crippen molar-refractivity contribution >= 4 is 5.69 Å². The van der Waals surface area contributed by atoms with Crippen LogP contribution in [0.15, 0.2) is 29.5 Å². The number of benzene rings is 1. The van der Waals surface area contributed by atoms with Gasteiger partial charge in [-0.3, -0.25) is 0 Å². The zero-order valence-electron chi connectivity index (χ0n) is 9.62. The minimum atomic E-state index is 0.630. The Balaban J connectivity index is 2.24. The van der Waals surface area contributed by atoms with Crippen molar-refractivity contribution in [2.45, 2.75) is 13.8 Å². The van der Waals surface area contributed by atoms with Crippen molar-refractivity contribution in [2.24, 2.45) is 5.73 Å². The Morgan fingerprint density at radius 3 is 2.56 bits per heavy atom. The Morgan fingerprint density at radius 1 is 1.25 bits per heavy atom. The summed E-state index contributed by atoms with van der Waals surface area (Å²) in [5, 5.41) is 8.89. The van der Waals surface area contributed by atoms with E-state index in [2.05, 4.69) is 43.0 Å². The lowest BCUT2D eigenvalue weighted by molar-refractivity contribution is 0.972. The van der Waals surface area contributed by atoms with Gasteiger partial charge in [-0.1, -0.05) is 6.07 Å². The second kappa shape index (κ2) is 3.90.